The molecule has 2 heterocycles. The molecule has 0 saturated heterocycles. The Bertz CT molecular complexity index is 1670. The summed E-state index contributed by atoms with van der Waals surface area (Å²) in [6.45, 7) is 1.79. The summed E-state index contributed by atoms with van der Waals surface area (Å²) in [5.74, 6) is -1.09. The van der Waals surface area contributed by atoms with E-state index >= 15 is 0 Å². The van der Waals surface area contributed by atoms with Gasteiger partial charge in [0.1, 0.15) is 11.3 Å². The average Bonchev–Trinajstić information content (AvgIpc) is 3.38. The van der Waals surface area contributed by atoms with Crippen molar-refractivity contribution in [1.82, 2.24) is 20.0 Å². The number of nitrogens with zero attached hydrogens (tertiary/aromatic N) is 1. The van der Waals surface area contributed by atoms with Crippen LogP contribution in [0.15, 0.2) is 84.0 Å². The summed E-state index contributed by atoms with van der Waals surface area (Å²) in [6.07, 6.45) is 3.29. The van der Waals surface area contributed by atoms with E-state index in [0.29, 0.717) is 0 Å². The number of para-hydroxylation sites is 1. The molecule has 0 unspecified atom stereocenters. The molecule has 1 saturated carbocycles. The smallest absolute Gasteiger partial charge is 0.406 e. The number of benzene rings is 2. The minimum atomic E-state index is -4.92. The monoisotopic (exact) mass is 614 g/mol. The summed E-state index contributed by atoms with van der Waals surface area (Å²) in [7, 11) is -4.36. The molecule has 1 amide bonds. The summed E-state index contributed by atoms with van der Waals surface area (Å²) < 4.78 is 71.4. The number of rotatable bonds is 10. The van der Waals surface area contributed by atoms with Crippen molar-refractivity contribution in [1.29, 1.82) is 0 Å². The number of alkyl halides is 3. The molecule has 12 heteroatoms. The first-order valence-electron chi connectivity index (χ1n) is 14.0. The van der Waals surface area contributed by atoms with E-state index in [9.17, 15) is 26.4 Å². The number of aromatic amines is 1. The molecule has 43 heavy (non-hydrogen) atoms. The van der Waals surface area contributed by atoms with Crippen LogP contribution in [-0.4, -0.2) is 42.7 Å². The summed E-state index contributed by atoms with van der Waals surface area (Å²) in [5, 5.41) is 3.88. The molecule has 4 aromatic rings. The number of fused-ring (bicyclic) bond motifs is 1. The van der Waals surface area contributed by atoms with Crippen LogP contribution in [0.2, 0.25) is 0 Å². The van der Waals surface area contributed by atoms with Crippen LogP contribution >= 0.6 is 0 Å². The number of carbonyl (C=O) groups excluding carboxylic acids is 1. The Morgan fingerprint density at radius 3 is 2.37 bits per heavy atom. The van der Waals surface area contributed by atoms with Crippen LogP contribution < -0.4 is 14.8 Å². The maximum absolute atomic E-state index is 14.0. The third-order valence-corrected chi connectivity index (χ3v) is 9.67. The van der Waals surface area contributed by atoms with Crippen LogP contribution in [0.5, 0.6) is 5.75 Å². The highest BCUT2D eigenvalue weighted by Gasteiger charge is 2.42. The van der Waals surface area contributed by atoms with Gasteiger partial charge in [-0.05, 0) is 67.8 Å². The highest BCUT2D eigenvalue weighted by Crippen LogP contribution is 2.38. The average molecular weight is 615 g/mol. The van der Waals surface area contributed by atoms with Gasteiger partial charge in [-0.25, -0.2) is 8.42 Å². The topological polar surface area (TPSA) is 113 Å². The third-order valence-electron chi connectivity index (χ3n) is 8.05. The molecule has 0 spiro atoms. The van der Waals surface area contributed by atoms with Gasteiger partial charge in [0, 0.05) is 47.4 Å². The van der Waals surface area contributed by atoms with E-state index in [1.165, 1.54) is 6.92 Å². The van der Waals surface area contributed by atoms with Crippen molar-refractivity contribution in [3.8, 4) is 5.75 Å². The molecule has 8 nitrogen and oxygen atoms in total. The Kier molecular flexibility index (Phi) is 8.53. The van der Waals surface area contributed by atoms with Gasteiger partial charge in [-0.1, -0.05) is 43.5 Å². The lowest BCUT2D eigenvalue weighted by Crippen LogP contribution is -2.59. The van der Waals surface area contributed by atoms with Crippen LogP contribution in [0, 0.1) is 0 Å². The first-order chi connectivity index (χ1) is 20.4. The van der Waals surface area contributed by atoms with Gasteiger partial charge in [-0.3, -0.25) is 9.78 Å². The predicted molar refractivity (Wildman–Crippen MR) is 156 cm³/mol. The van der Waals surface area contributed by atoms with E-state index in [1.807, 2.05) is 42.5 Å². The maximum atomic E-state index is 14.0. The minimum Gasteiger partial charge on any atom is -0.406 e. The molecule has 0 radical (unpaired) electrons. The zero-order valence-corrected chi connectivity index (χ0v) is 24.4. The van der Waals surface area contributed by atoms with E-state index in [-0.39, 0.29) is 23.3 Å². The Labute approximate surface area is 248 Å². The molecular formula is C31H33F3N4O4S. The molecule has 2 aromatic carbocycles. The lowest BCUT2D eigenvalue weighted by atomic mass is 9.71. The molecule has 3 N–H and O–H groups in total. The lowest BCUT2D eigenvalue weighted by Gasteiger charge is -2.38. The fourth-order valence-electron chi connectivity index (χ4n) is 5.87. The largest absolute Gasteiger partial charge is 0.573 e. The number of amides is 1. The number of carbonyl (C=O) groups is 1. The number of hydrogen-bond acceptors (Lipinski definition) is 5. The highest BCUT2D eigenvalue weighted by atomic mass is 32.2. The van der Waals surface area contributed by atoms with Crippen LogP contribution in [0.25, 0.3) is 10.9 Å². The van der Waals surface area contributed by atoms with Crippen molar-refractivity contribution in [2.24, 2.45) is 0 Å². The van der Waals surface area contributed by atoms with E-state index in [1.54, 1.807) is 12.4 Å². The molecule has 0 bridgehead atoms. The molecule has 228 valence electrons. The first kappa shape index (κ1) is 30.6. The highest BCUT2D eigenvalue weighted by molar-refractivity contribution is 7.89. The number of nitrogens with one attached hydrogen (secondary N) is 3. The van der Waals surface area contributed by atoms with Gasteiger partial charge in [-0.2, -0.15) is 4.72 Å². The Hall–Kier alpha value is -3.90. The van der Waals surface area contributed by atoms with Crippen molar-refractivity contribution in [2.75, 3.05) is 6.54 Å². The standard InChI is InChI=1S/C31H33F3N4O4S/c1-29(19-22-20-36-26-10-4-3-9-25(22)26,38-43(40,41)24-14-12-23(13-15-24)42-31(32,33)34)28(39)37-21-30(16-6-2-7-17-30)27-11-5-8-18-35-27/h3-5,8-15,18,20,36,38H,2,6-7,16-17,19,21H2,1H3,(H,37,39)/t29-/m0/s1. The lowest BCUT2D eigenvalue weighted by molar-refractivity contribution is -0.274. The number of aromatic nitrogens is 2. The fourth-order valence-corrected chi connectivity index (χ4v) is 7.24. The summed E-state index contributed by atoms with van der Waals surface area (Å²) in [6, 6.07) is 17.0. The third kappa shape index (κ3) is 7.02. The van der Waals surface area contributed by atoms with E-state index in [2.05, 4.69) is 24.7 Å². The second-order valence-electron chi connectivity index (χ2n) is 11.2. The van der Waals surface area contributed by atoms with Crippen molar-refractivity contribution in [2.45, 2.75) is 67.7 Å². The quantitative estimate of drug-likeness (QED) is 0.210. The van der Waals surface area contributed by atoms with E-state index < -0.39 is 33.6 Å². The second kappa shape index (κ2) is 12.0. The number of pyridine rings is 1. The molecule has 1 aliphatic rings. The van der Waals surface area contributed by atoms with Gasteiger partial charge in [0.25, 0.3) is 0 Å². The van der Waals surface area contributed by atoms with Gasteiger partial charge in [0.05, 0.1) is 4.90 Å². The maximum Gasteiger partial charge on any atom is 0.573 e. The normalized spacial score (nSPS) is 16.8. The Balaban J connectivity index is 1.44. The molecule has 1 aliphatic carbocycles. The summed E-state index contributed by atoms with van der Waals surface area (Å²) >= 11 is 0. The number of sulfonamides is 1. The first-order valence-corrected chi connectivity index (χ1v) is 15.5. The van der Waals surface area contributed by atoms with E-state index in [0.717, 1.165) is 78.5 Å². The van der Waals surface area contributed by atoms with Crippen LogP contribution in [0.3, 0.4) is 0 Å². The van der Waals surface area contributed by atoms with Crippen molar-refractivity contribution >= 4 is 26.8 Å². The Morgan fingerprint density at radius 1 is 1.00 bits per heavy atom. The molecular weight excluding hydrogens is 581 g/mol. The number of ether oxygens (including phenoxy) is 1. The summed E-state index contributed by atoms with van der Waals surface area (Å²) in [4.78, 5) is 21.5. The van der Waals surface area contributed by atoms with Crippen molar-refractivity contribution in [3.05, 3.63) is 90.4 Å². The number of halogens is 3. The Morgan fingerprint density at radius 2 is 1.70 bits per heavy atom. The molecule has 1 atom stereocenters. The zero-order chi connectivity index (χ0) is 30.7. The second-order valence-corrected chi connectivity index (χ2v) is 12.9. The zero-order valence-electron chi connectivity index (χ0n) is 23.6. The van der Waals surface area contributed by atoms with Gasteiger partial charge >= 0.3 is 6.36 Å². The van der Waals surface area contributed by atoms with Crippen LogP contribution in [0.1, 0.15) is 50.3 Å². The minimum absolute atomic E-state index is 0.00787. The molecule has 1 fully saturated rings. The van der Waals surface area contributed by atoms with Crippen molar-refractivity contribution in [3.63, 3.8) is 0 Å². The van der Waals surface area contributed by atoms with E-state index in [4.69, 9.17) is 0 Å². The molecule has 5 rings (SSSR count). The van der Waals surface area contributed by atoms with Gasteiger partial charge in [0.2, 0.25) is 15.9 Å². The summed E-state index contributed by atoms with van der Waals surface area (Å²) in [5.41, 5.74) is 0.395. The number of H-pyrrole nitrogens is 1. The molecule has 2 aromatic heterocycles. The number of hydrogen-bond donors (Lipinski definition) is 3. The van der Waals surface area contributed by atoms with Crippen molar-refractivity contribution < 1.29 is 31.1 Å². The fraction of sp³-hybridized carbons (Fsp3) is 0.355. The van der Waals surface area contributed by atoms with Gasteiger partial charge in [-0.15, -0.1) is 13.2 Å². The SMILES string of the molecule is C[C@@](Cc1c[nH]c2ccccc12)(NS(=O)(=O)c1ccc(OC(F)(F)F)cc1)C(=O)NCC1(c2ccccn2)CCCCC1. The van der Waals surface area contributed by atoms with Gasteiger partial charge < -0.3 is 15.0 Å². The van der Waals surface area contributed by atoms with Crippen LogP contribution in [-0.2, 0) is 26.7 Å². The van der Waals surface area contributed by atoms with Crippen LogP contribution in [0.4, 0.5) is 13.2 Å². The van der Waals surface area contributed by atoms with Gasteiger partial charge in [0.15, 0.2) is 0 Å². The molecule has 0 aliphatic heterocycles. The predicted octanol–water partition coefficient (Wildman–Crippen LogP) is 5.76.